The topological polar surface area (TPSA) is 81.4 Å². The van der Waals surface area contributed by atoms with Crippen LogP contribution in [0.5, 0.6) is 0 Å². The normalized spacial score (nSPS) is 16.2. The largest absolute Gasteiger partial charge is 0.465 e. The summed E-state index contributed by atoms with van der Waals surface area (Å²) < 4.78 is 5.02. The molecule has 0 saturated heterocycles. The minimum atomic E-state index is -0.377. The number of thiophene rings is 1. The second kappa shape index (κ2) is 8.79. The molecule has 7 heteroatoms. The summed E-state index contributed by atoms with van der Waals surface area (Å²) in [4.78, 5) is 27.2. The van der Waals surface area contributed by atoms with Crippen LogP contribution >= 0.6 is 23.1 Å². The maximum Gasteiger partial charge on any atom is 0.341 e. The molecule has 1 unspecified atom stereocenters. The maximum absolute atomic E-state index is 12.6. The molecule has 3 N–H and O–H groups in total. The second-order valence-electron chi connectivity index (χ2n) is 8.41. The van der Waals surface area contributed by atoms with Gasteiger partial charge in [0.2, 0.25) is 5.91 Å². The third-order valence-electron chi connectivity index (χ3n) is 5.38. The predicted molar refractivity (Wildman–Crippen MR) is 121 cm³/mol. The van der Waals surface area contributed by atoms with Crippen LogP contribution in [0.25, 0.3) is 0 Å². The molecule has 1 atom stereocenters. The number of hydrogen-bond donors (Lipinski definition) is 2. The van der Waals surface area contributed by atoms with E-state index in [2.05, 4.69) is 26.1 Å². The highest BCUT2D eigenvalue weighted by atomic mass is 32.2. The minimum Gasteiger partial charge on any atom is -0.465 e. The average molecular weight is 433 g/mol. The fraction of sp³-hybridized carbons (Fsp3) is 0.455. The maximum atomic E-state index is 12.6. The predicted octanol–water partition coefficient (Wildman–Crippen LogP) is 5.00. The molecule has 0 aliphatic heterocycles. The number of ether oxygens (including phenoxy) is 1. The van der Waals surface area contributed by atoms with Crippen LogP contribution in [0, 0.1) is 11.3 Å². The first kappa shape index (κ1) is 21.7. The lowest BCUT2D eigenvalue weighted by Crippen LogP contribution is -2.26. The number of benzene rings is 1. The fourth-order valence-corrected chi connectivity index (χ4v) is 5.64. The number of esters is 1. The summed E-state index contributed by atoms with van der Waals surface area (Å²) in [5, 5.41) is 3.56. The van der Waals surface area contributed by atoms with Crippen molar-refractivity contribution in [2.75, 3.05) is 23.9 Å². The number of fused-ring (bicyclic) bond motifs is 1. The molecule has 5 nitrogen and oxygen atoms in total. The quantitative estimate of drug-likeness (QED) is 0.395. The highest BCUT2D eigenvalue weighted by Gasteiger charge is 2.34. The molecule has 29 heavy (non-hydrogen) atoms. The molecule has 1 heterocycles. The highest BCUT2D eigenvalue weighted by Crippen LogP contribution is 2.44. The van der Waals surface area contributed by atoms with Crippen molar-refractivity contribution in [2.24, 2.45) is 11.3 Å². The van der Waals surface area contributed by atoms with Gasteiger partial charge < -0.3 is 15.8 Å². The Bertz CT molecular complexity index is 898. The van der Waals surface area contributed by atoms with Gasteiger partial charge in [-0.15, -0.1) is 23.1 Å². The van der Waals surface area contributed by atoms with Crippen molar-refractivity contribution in [3.05, 3.63) is 40.3 Å². The molecule has 1 aliphatic carbocycles. The molecule has 0 bridgehead atoms. The van der Waals surface area contributed by atoms with Crippen molar-refractivity contribution in [2.45, 2.75) is 44.9 Å². The molecular weight excluding hydrogens is 404 g/mol. The smallest absolute Gasteiger partial charge is 0.341 e. The zero-order valence-corrected chi connectivity index (χ0v) is 19.0. The Morgan fingerprint density at radius 1 is 1.28 bits per heavy atom. The van der Waals surface area contributed by atoms with E-state index in [1.807, 2.05) is 24.3 Å². The molecule has 156 valence electrons. The fourth-order valence-electron chi connectivity index (χ4n) is 3.61. The number of amides is 1. The Morgan fingerprint density at radius 2 is 1.97 bits per heavy atom. The Hall–Kier alpha value is -1.99. The van der Waals surface area contributed by atoms with Gasteiger partial charge in [-0.1, -0.05) is 20.8 Å². The van der Waals surface area contributed by atoms with E-state index in [1.54, 1.807) is 0 Å². The lowest BCUT2D eigenvalue weighted by Gasteiger charge is -2.33. The van der Waals surface area contributed by atoms with Crippen molar-refractivity contribution in [1.82, 2.24) is 0 Å². The number of anilines is 2. The number of carbonyl (C=O) groups excluding carboxylic acids is 2. The van der Waals surface area contributed by atoms with E-state index in [-0.39, 0.29) is 23.0 Å². The molecule has 0 spiro atoms. The third kappa shape index (κ3) is 5.14. The molecule has 1 aliphatic rings. The minimum absolute atomic E-state index is 0.136. The SMILES string of the molecule is COC(=O)c1c(NC(=O)CSc2ccc(N)cc2)sc2c1CCC(C(C)(C)C)C2. The monoisotopic (exact) mass is 432 g/mol. The Balaban J connectivity index is 1.76. The molecule has 3 rings (SSSR count). The molecule has 0 fully saturated rings. The van der Waals surface area contributed by atoms with Crippen LogP contribution in [0.4, 0.5) is 10.7 Å². The van der Waals surface area contributed by atoms with Gasteiger partial charge in [0.1, 0.15) is 5.00 Å². The standard InChI is InChI=1S/C22H28N2O3S2/c1-22(2,3)13-5-10-16-17(11-13)29-20(19(16)21(26)27-4)24-18(25)12-28-15-8-6-14(23)7-9-15/h6-9,13H,5,10-12,23H2,1-4H3,(H,24,25). The van der Waals surface area contributed by atoms with Gasteiger partial charge in [0, 0.05) is 15.5 Å². The summed E-state index contributed by atoms with van der Waals surface area (Å²) in [5.41, 5.74) is 8.18. The number of rotatable bonds is 5. The Labute approximate surface area is 180 Å². The van der Waals surface area contributed by atoms with E-state index in [4.69, 9.17) is 10.5 Å². The van der Waals surface area contributed by atoms with Gasteiger partial charge in [0.05, 0.1) is 18.4 Å². The van der Waals surface area contributed by atoms with Gasteiger partial charge in [0.15, 0.2) is 0 Å². The van der Waals surface area contributed by atoms with Crippen LogP contribution < -0.4 is 11.1 Å². The van der Waals surface area contributed by atoms with E-state index in [0.717, 1.165) is 29.7 Å². The van der Waals surface area contributed by atoms with E-state index in [0.29, 0.717) is 22.2 Å². The first-order valence-corrected chi connectivity index (χ1v) is 11.5. The number of nitrogens with two attached hydrogens (primary N) is 1. The van der Waals surface area contributed by atoms with Crippen molar-refractivity contribution in [3.63, 3.8) is 0 Å². The van der Waals surface area contributed by atoms with Crippen LogP contribution in [0.1, 0.15) is 48.0 Å². The summed E-state index contributed by atoms with van der Waals surface area (Å²) in [6.07, 6.45) is 2.81. The summed E-state index contributed by atoms with van der Waals surface area (Å²) in [6, 6.07) is 7.41. The average Bonchev–Trinajstić information content (AvgIpc) is 3.03. The molecule has 1 aromatic carbocycles. The van der Waals surface area contributed by atoms with Gasteiger partial charge >= 0.3 is 5.97 Å². The van der Waals surface area contributed by atoms with E-state index < -0.39 is 0 Å². The van der Waals surface area contributed by atoms with Crippen molar-refractivity contribution in [1.29, 1.82) is 0 Å². The van der Waals surface area contributed by atoms with Crippen molar-refractivity contribution >= 4 is 45.7 Å². The van der Waals surface area contributed by atoms with Crippen LogP contribution in [-0.4, -0.2) is 24.7 Å². The number of thioether (sulfide) groups is 1. The Kier molecular flexibility index (Phi) is 6.58. The molecule has 0 radical (unpaired) electrons. The summed E-state index contributed by atoms with van der Waals surface area (Å²) in [7, 11) is 1.38. The van der Waals surface area contributed by atoms with E-state index in [1.165, 1.54) is 35.1 Å². The summed E-state index contributed by atoms with van der Waals surface area (Å²) in [6.45, 7) is 6.78. The van der Waals surface area contributed by atoms with Gasteiger partial charge in [0.25, 0.3) is 0 Å². The third-order valence-corrected chi connectivity index (χ3v) is 7.56. The van der Waals surface area contributed by atoms with Crippen LogP contribution in [0.3, 0.4) is 0 Å². The van der Waals surface area contributed by atoms with E-state index in [9.17, 15) is 9.59 Å². The number of nitrogens with one attached hydrogen (secondary N) is 1. The Morgan fingerprint density at radius 3 is 2.59 bits per heavy atom. The van der Waals surface area contributed by atoms with Gasteiger partial charge in [-0.3, -0.25) is 4.79 Å². The first-order chi connectivity index (χ1) is 13.7. The lowest BCUT2D eigenvalue weighted by molar-refractivity contribution is -0.113. The molecule has 0 saturated carbocycles. The molecule has 1 amide bonds. The van der Waals surface area contributed by atoms with Gasteiger partial charge in [-0.05, 0) is 60.4 Å². The summed E-state index contributed by atoms with van der Waals surface area (Å²) >= 11 is 2.95. The second-order valence-corrected chi connectivity index (χ2v) is 10.6. The van der Waals surface area contributed by atoms with Crippen LogP contribution in [0.2, 0.25) is 0 Å². The number of carbonyl (C=O) groups is 2. The molecule has 2 aromatic rings. The van der Waals surface area contributed by atoms with Crippen molar-refractivity contribution < 1.29 is 14.3 Å². The van der Waals surface area contributed by atoms with Gasteiger partial charge in [-0.25, -0.2) is 4.79 Å². The lowest BCUT2D eigenvalue weighted by atomic mass is 9.72. The number of hydrogen-bond acceptors (Lipinski definition) is 6. The van der Waals surface area contributed by atoms with Crippen LogP contribution in [0.15, 0.2) is 29.2 Å². The van der Waals surface area contributed by atoms with Crippen molar-refractivity contribution in [3.8, 4) is 0 Å². The first-order valence-electron chi connectivity index (χ1n) is 9.70. The number of nitrogen functional groups attached to an aromatic ring is 1. The van der Waals surface area contributed by atoms with E-state index >= 15 is 0 Å². The zero-order chi connectivity index (χ0) is 21.2. The van der Waals surface area contributed by atoms with Gasteiger partial charge in [-0.2, -0.15) is 0 Å². The summed E-state index contributed by atoms with van der Waals surface area (Å²) in [5.74, 6) is 0.308. The molecular formula is C22H28N2O3S2. The zero-order valence-electron chi connectivity index (χ0n) is 17.3. The highest BCUT2D eigenvalue weighted by molar-refractivity contribution is 8.00. The number of methoxy groups -OCH3 is 1. The molecule has 1 aromatic heterocycles. The van der Waals surface area contributed by atoms with Crippen LogP contribution in [-0.2, 0) is 22.4 Å².